The Hall–Kier alpha value is -3.44. The topological polar surface area (TPSA) is 95.3 Å². The molecule has 3 aromatic rings. The summed E-state index contributed by atoms with van der Waals surface area (Å²) in [6.07, 6.45) is 0.326. The molecule has 0 atom stereocenters. The molecule has 0 unspecified atom stereocenters. The molecule has 4 rings (SSSR count). The molecule has 1 aliphatic heterocycles. The molecule has 3 aromatic heterocycles. The highest BCUT2D eigenvalue weighted by Gasteiger charge is 2.32. The van der Waals surface area contributed by atoms with E-state index in [0.29, 0.717) is 37.0 Å². The number of alkyl halides is 3. The lowest BCUT2D eigenvalue weighted by atomic mass is 10.1. The standard InChI is InChI=1S/C21H23F3N6O3/c1-20(2,3)33-19(31)29-8-6-13(7-9-29)30-17-15(11-28-30)18(27-12-26-17)32-14-4-5-16(25-10-14)21(22,23)24/h4-5,10-13H,6-9H2,1-3H3. The molecule has 1 saturated heterocycles. The first kappa shape index (κ1) is 22.7. The highest BCUT2D eigenvalue weighted by Crippen LogP contribution is 2.32. The molecule has 1 amide bonds. The van der Waals surface area contributed by atoms with Crippen molar-refractivity contribution in [2.75, 3.05) is 13.1 Å². The second-order valence-electron chi connectivity index (χ2n) is 8.68. The molecule has 0 aliphatic carbocycles. The second kappa shape index (κ2) is 8.49. The van der Waals surface area contributed by atoms with E-state index in [9.17, 15) is 18.0 Å². The molecule has 0 saturated carbocycles. The van der Waals surface area contributed by atoms with Crippen LogP contribution in [0.1, 0.15) is 45.3 Å². The summed E-state index contributed by atoms with van der Waals surface area (Å²) in [5, 5.41) is 4.95. The van der Waals surface area contributed by atoms with Gasteiger partial charge in [0.25, 0.3) is 0 Å². The summed E-state index contributed by atoms with van der Waals surface area (Å²) >= 11 is 0. The predicted molar refractivity (Wildman–Crippen MR) is 111 cm³/mol. The number of carbonyl (C=O) groups is 1. The first-order valence-electron chi connectivity index (χ1n) is 10.4. The van der Waals surface area contributed by atoms with E-state index in [0.717, 1.165) is 12.3 Å². The number of hydrogen-bond acceptors (Lipinski definition) is 7. The van der Waals surface area contributed by atoms with E-state index in [-0.39, 0.29) is 23.8 Å². The molecule has 176 valence electrons. The van der Waals surface area contributed by atoms with Crippen molar-refractivity contribution in [3.8, 4) is 11.6 Å². The van der Waals surface area contributed by atoms with Gasteiger partial charge in [0, 0.05) is 13.1 Å². The Balaban J connectivity index is 1.47. The van der Waals surface area contributed by atoms with Crippen molar-refractivity contribution >= 4 is 17.1 Å². The minimum absolute atomic E-state index is 0.0108. The quantitative estimate of drug-likeness (QED) is 0.559. The minimum Gasteiger partial charge on any atom is -0.444 e. The van der Waals surface area contributed by atoms with E-state index >= 15 is 0 Å². The number of likely N-dealkylation sites (tertiary alicyclic amines) is 1. The van der Waals surface area contributed by atoms with Gasteiger partial charge in [0.1, 0.15) is 28.8 Å². The average molecular weight is 464 g/mol. The molecule has 0 aromatic carbocycles. The molecule has 33 heavy (non-hydrogen) atoms. The third-order valence-electron chi connectivity index (χ3n) is 5.06. The van der Waals surface area contributed by atoms with Crippen LogP contribution in [0.3, 0.4) is 0 Å². The van der Waals surface area contributed by atoms with Gasteiger partial charge in [-0.25, -0.2) is 24.4 Å². The normalized spacial score (nSPS) is 15.6. The maximum atomic E-state index is 12.7. The molecule has 1 aliphatic rings. The summed E-state index contributed by atoms with van der Waals surface area (Å²) in [5.41, 5.74) is -1.02. The fraction of sp³-hybridized carbons (Fsp3) is 0.476. The molecule has 0 N–H and O–H groups in total. The molecule has 1 fully saturated rings. The van der Waals surface area contributed by atoms with E-state index in [1.165, 1.54) is 12.4 Å². The van der Waals surface area contributed by atoms with E-state index < -0.39 is 17.5 Å². The van der Waals surface area contributed by atoms with Gasteiger partial charge in [-0.3, -0.25) is 0 Å². The highest BCUT2D eigenvalue weighted by molar-refractivity contribution is 5.80. The Morgan fingerprint density at radius 1 is 1.06 bits per heavy atom. The van der Waals surface area contributed by atoms with Crippen LogP contribution in [0, 0.1) is 0 Å². The Labute approximate surface area is 187 Å². The molecular formula is C21H23F3N6O3. The van der Waals surface area contributed by atoms with Crippen LogP contribution >= 0.6 is 0 Å². The van der Waals surface area contributed by atoms with Gasteiger partial charge in [0.05, 0.1) is 18.4 Å². The van der Waals surface area contributed by atoms with Crippen LogP contribution in [0.4, 0.5) is 18.0 Å². The number of pyridine rings is 1. The van der Waals surface area contributed by atoms with E-state index in [2.05, 4.69) is 20.1 Å². The monoisotopic (exact) mass is 464 g/mol. The highest BCUT2D eigenvalue weighted by atomic mass is 19.4. The summed E-state index contributed by atoms with van der Waals surface area (Å²) in [5.74, 6) is 0.278. The zero-order valence-electron chi connectivity index (χ0n) is 18.3. The molecule has 9 nitrogen and oxygen atoms in total. The van der Waals surface area contributed by atoms with Gasteiger partial charge in [-0.1, -0.05) is 0 Å². The third kappa shape index (κ3) is 5.15. The van der Waals surface area contributed by atoms with Crippen molar-refractivity contribution in [2.45, 2.75) is 51.4 Å². The van der Waals surface area contributed by atoms with Crippen molar-refractivity contribution in [1.29, 1.82) is 0 Å². The summed E-state index contributed by atoms with van der Waals surface area (Å²) < 4.78 is 51.0. The maximum Gasteiger partial charge on any atom is 0.433 e. The molecule has 0 spiro atoms. The van der Waals surface area contributed by atoms with Crippen LogP contribution in [0.15, 0.2) is 30.9 Å². The number of amides is 1. The first-order chi connectivity index (χ1) is 15.5. The number of piperidine rings is 1. The fourth-order valence-corrected chi connectivity index (χ4v) is 3.53. The Kier molecular flexibility index (Phi) is 5.85. The summed E-state index contributed by atoms with van der Waals surface area (Å²) in [4.78, 5) is 25.8. The van der Waals surface area contributed by atoms with Crippen LogP contribution in [0.2, 0.25) is 0 Å². The lowest BCUT2D eigenvalue weighted by Crippen LogP contribution is -2.42. The van der Waals surface area contributed by atoms with Crippen molar-refractivity contribution < 1.29 is 27.4 Å². The van der Waals surface area contributed by atoms with Crippen LogP contribution < -0.4 is 4.74 Å². The molecule has 0 radical (unpaired) electrons. The number of halogens is 3. The van der Waals surface area contributed by atoms with Crippen LogP contribution in [-0.2, 0) is 10.9 Å². The van der Waals surface area contributed by atoms with Crippen LogP contribution in [0.5, 0.6) is 11.6 Å². The number of fused-ring (bicyclic) bond motifs is 1. The van der Waals surface area contributed by atoms with E-state index in [4.69, 9.17) is 9.47 Å². The number of aromatic nitrogens is 5. The number of hydrogen-bond donors (Lipinski definition) is 0. The van der Waals surface area contributed by atoms with Crippen molar-refractivity contribution in [1.82, 2.24) is 29.6 Å². The lowest BCUT2D eigenvalue weighted by Gasteiger charge is -2.33. The van der Waals surface area contributed by atoms with Gasteiger partial charge in [-0.05, 0) is 45.7 Å². The second-order valence-corrected chi connectivity index (χ2v) is 8.68. The van der Waals surface area contributed by atoms with E-state index in [1.54, 1.807) is 15.8 Å². The SMILES string of the molecule is CC(C)(C)OC(=O)N1CCC(n2ncc3c(Oc4ccc(C(F)(F)F)nc4)ncnc32)CC1. The first-order valence-corrected chi connectivity index (χ1v) is 10.4. The smallest absolute Gasteiger partial charge is 0.433 e. The average Bonchev–Trinajstić information content (AvgIpc) is 3.18. The number of nitrogens with zero attached hydrogens (tertiary/aromatic N) is 6. The summed E-state index contributed by atoms with van der Waals surface area (Å²) in [6.45, 7) is 6.52. The summed E-state index contributed by atoms with van der Waals surface area (Å²) in [6, 6.07) is 2.03. The van der Waals surface area contributed by atoms with Gasteiger partial charge < -0.3 is 14.4 Å². The predicted octanol–water partition coefficient (Wildman–Crippen LogP) is 4.60. The number of rotatable bonds is 3. The number of ether oxygens (including phenoxy) is 2. The Bertz CT molecular complexity index is 1130. The number of carbonyl (C=O) groups excluding carboxylic acids is 1. The zero-order chi connectivity index (χ0) is 23.8. The summed E-state index contributed by atoms with van der Waals surface area (Å²) in [7, 11) is 0. The molecule has 0 bridgehead atoms. The van der Waals surface area contributed by atoms with Crippen molar-refractivity contribution in [3.63, 3.8) is 0 Å². The Morgan fingerprint density at radius 3 is 2.39 bits per heavy atom. The minimum atomic E-state index is -4.53. The lowest BCUT2D eigenvalue weighted by molar-refractivity contribution is -0.141. The largest absolute Gasteiger partial charge is 0.444 e. The van der Waals surface area contributed by atoms with Crippen LogP contribution in [0.25, 0.3) is 11.0 Å². The van der Waals surface area contributed by atoms with Gasteiger partial charge in [0.2, 0.25) is 5.88 Å². The van der Waals surface area contributed by atoms with Crippen molar-refractivity contribution in [3.05, 3.63) is 36.5 Å². The molecule has 12 heteroatoms. The maximum absolute atomic E-state index is 12.7. The molecular weight excluding hydrogens is 441 g/mol. The van der Waals surface area contributed by atoms with Gasteiger partial charge in [0.15, 0.2) is 5.65 Å². The fourth-order valence-electron chi connectivity index (χ4n) is 3.53. The van der Waals surface area contributed by atoms with Gasteiger partial charge in [-0.15, -0.1) is 0 Å². The van der Waals surface area contributed by atoms with Gasteiger partial charge in [-0.2, -0.15) is 18.3 Å². The van der Waals surface area contributed by atoms with Crippen molar-refractivity contribution in [2.24, 2.45) is 0 Å². The third-order valence-corrected chi connectivity index (χ3v) is 5.06. The zero-order valence-corrected chi connectivity index (χ0v) is 18.3. The Morgan fingerprint density at radius 2 is 1.79 bits per heavy atom. The van der Waals surface area contributed by atoms with Crippen LogP contribution in [-0.4, -0.2) is 54.4 Å². The van der Waals surface area contributed by atoms with Gasteiger partial charge >= 0.3 is 12.3 Å². The molecule has 4 heterocycles. The van der Waals surface area contributed by atoms with E-state index in [1.807, 2.05) is 20.8 Å².